The van der Waals surface area contributed by atoms with E-state index in [0.717, 1.165) is 11.1 Å². The van der Waals surface area contributed by atoms with Gasteiger partial charge in [-0.3, -0.25) is 9.59 Å². The van der Waals surface area contributed by atoms with Crippen molar-refractivity contribution in [2.24, 2.45) is 0 Å². The maximum atomic E-state index is 12.9. The van der Waals surface area contributed by atoms with Crippen LogP contribution in [0.5, 0.6) is 0 Å². The van der Waals surface area contributed by atoms with Crippen LogP contribution in [-0.2, 0) is 10.2 Å². The largest absolute Gasteiger partial charge is 0.274 e. The number of hydrogen-bond donors (Lipinski definition) is 0. The van der Waals surface area contributed by atoms with Gasteiger partial charge in [0, 0.05) is 12.5 Å². The molecule has 0 radical (unpaired) electrons. The molecule has 0 spiro atoms. The second-order valence-electron chi connectivity index (χ2n) is 6.79. The van der Waals surface area contributed by atoms with Crippen molar-refractivity contribution in [2.75, 3.05) is 4.90 Å². The number of amides is 2. The third-order valence-corrected chi connectivity index (χ3v) is 3.77. The minimum atomic E-state index is -0.297. The van der Waals surface area contributed by atoms with Crippen molar-refractivity contribution < 1.29 is 9.59 Å². The molecule has 0 fully saturated rings. The quantitative estimate of drug-likeness (QED) is 0.820. The molecule has 0 saturated carbocycles. The van der Waals surface area contributed by atoms with Gasteiger partial charge in [-0.05, 0) is 36.1 Å². The van der Waals surface area contributed by atoms with Crippen LogP contribution < -0.4 is 4.90 Å². The first-order valence-corrected chi connectivity index (χ1v) is 7.73. The van der Waals surface area contributed by atoms with Crippen LogP contribution in [0, 0.1) is 6.92 Å². The van der Waals surface area contributed by atoms with Crippen molar-refractivity contribution in [1.29, 1.82) is 0 Å². The first kappa shape index (κ1) is 16.9. The lowest BCUT2D eigenvalue weighted by molar-refractivity contribution is -0.115. The van der Waals surface area contributed by atoms with Gasteiger partial charge in [0.15, 0.2) is 0 Å². The van der Waals surface area contributed by atoms with E-state index in [2.05, 4.69) is 20.8 Å². The van der Waals surface area contributed by atoms with E-state index in [0.29, 0.717) is 11.3 Å². The summed E-state index contributed by atoms with van der Waals surface area (Å²) >= 11 is 0. The SMILES string of the molecule is CC(=O)N(C(=O)c1ccc(C)cc1)c1ccccc1C(C)(C)C. The third kappa shape index (κ3) is 3.67. The van der Waals surface area contributed by atoms with E-state index in [9.17, 15) is 9.59 Å². The molecule has 0 aliphatic heterocycles. The Morgan fingerprint density at radius 3 is 2.00 bits per heavy atom. The van der Waals surface area contributed by atoms with Gasteiger partial charge in [0.25, 0.3) is 5.91 Å². The first-order valence-electron chi connectivity index (χ1n) is 7.73. The van der Waals surface area contributed by atoms with Crippen LogP contribution >= 0.6 is 0 Å². The summed E-state index contributed by atoms with van der Waals surface area (Å²) in [5.41, 5.74) is 3.03. The fraction of sp³-hybridized carbons (Fsp3) is 0.300. The topological polar surface area (TPSA) is 37.4 Å². The minimum absolute atomic E-state index is 0.169. The Morgan fingerprint density at radius 1 is 0.913 bits per heavy atom. The van der Waals surface area contributed by atoms with Gasteiger partial charge in [-0.2, -0.15) is 0 Å². The number of rotatable bonds is 2. The summed E-state index contributed by atoms with van der Waals surface area (Å²) in [7, 11) is 0. The summed E-state index contributed by atoms with van der Waals surface area (Å²) in [6, 6.07) is 14.8. The smallest absolute Gasteiger partial charge is 0.265 e. The van der Waals surface area contributed by atoms with Gasteiger partial charge in [0.1, 0.15) is 0 Å². The van der Waals surface area contributed by atoms with Crippen LogP contribution in [0.25, 0.3) is 0 Å². The number of aryl methyl sites for hydroxylation is 1. The fourth-order valence-electron chi connectivity index (χ4n) is 2.55. The van der Waals surface area contributed by atoms with Gasteiger partial charge >= 0.3 is 0 Å². The van der Waals surface area contributed by atoms with E-state index in [1.54, 1.807) is 12.1 Å². The highest BCUT2D eigenvalue weighted by molar-refractivity contribution is 6.20. The number of hydrogen-bond acceptors (Lipinski definition) is 2. The molecule has 0 bridgehead atoms. The standard InChI is InChI=1S/C20H23NO2/c1-14-10-12-16(13-11-14)19(23)21(15(2)22)18-9-7-6-8-17(18)20(3,4)5/h6-13H,1-5H3. The normalized spacial score (nSPS) is 11.2. The van der Waals surface area contributed by atoms with Gasteiger partial charge in [-0.25, -0.2) is 4.90 Å². The lowest BCUT2D eigenvalue weighted by Gasteiger charge is -2.28. The van der Waals surface area contributed by atoms with Gasteiger partial charge in [0.2, 0.25) is 5.91 Å². The van der Waals surface area contributed by atoms with E-state index in [1.165, 1.54) is 11.8 Å². The highest BCUT2D eigenvalue weighted by Crippen LogP contribution is 2.32. The number of para-hydroxylation sites is 1. The number of carbonyl (C=O) groups excluding carboxylic acids is 2. The zero-order chi connectivity index (χ0) is 17.2. The Hall–Kier alpha value is -2.42. The van der Waals surface area contributed by atoms with Crippen LogP contribution in [0.1, 0.15) is 49.2 Å². The van der Waals surface area contributed by atoms with Crippen molar-refractivity contribution in [3.63, 3.8) is 0 Å². The Morgan fingerprint density at radius 2 is 1.48 bits per heavy atom. The molecule has 3 nitrogen and oxygen atoms in total. The maximum absolute atomic E-state index is 12.9. The molecule has 0 N–H and O–H groups in total. The van der Waals surface area contributed by atoms with E-state index in [1.807, 2.05) is 43.3 Å². The molecule has 0 aliphatic carbocycles. The number of carbonyl (C=O) groups is 2. The zero-order valence-electron chi connectivity index (χ0n) is 14.4. The summed E-state index contributed by atoms with van der Waals surface area (Å²) in [6.07, 6.45) is 0. The van der Waals surface area contributed by atoms with Crippen molar-refractivity contribution in [3.8, 4) is 0 Å². The van der Waals surface area contributed by atoms with Crippen LogP contribution in [0.3, 0.4) is 0 Å². The predicted molar refractivity (Wildman–Crippen MR) is 93.8 cm³/mol. The summed E-state index contributed by atoms with van der Waals surface area (Å²) < 4.78 is 0. The molecule has 3 heteroatoms. The Balaban J connectivity index is 2.54. The van der Waals surface area contributed by atoms with E-state index >= 15 is 0 Å². The number of anilines is 1. The minimum Gasteiger partial charge on any atom is -0.274 e. The number of imide groups is 1. The molecule has 23 heavy (non-hydrogen) atoms. The molecule has 0 unspecified atom stereocenters. The highest BCUT2D eigenvalue weighted by Gasteiger charge is 2.27. The number of benzene rings is 2. The summed E-state index contributed by atoms with van der Waals surface area (Å²) in [4.78, 5) is 26.4. The van der Waals surface area contributed by atoms with Gasteiger partial charge in [-0.1, -0.05) is 56.7 Å². The van der Waals surface area contributed by atoms with E-state index in [4.69, 9.17) is 0 Å². The van der Waals surface area contributed by atoms with Gasteiger partial charge in [-0.15, -0.1) is 0 Å². The average Bonchev–Trinajstić information content (AvgIpc) is 2.47. The van der Waals surface area contributed by atoms with Crippen molar-refractivity contribution in [2.45, 2.75) is 40.0 Å². The summed E-state index contributed by atoms with van der Waals surface area (Å²) in [5, 5.41) is 0. The Labute approximate surface area is 137 Å². The second-order valence-corrected chi connectivity index (χ2v) is 6.79. The molecule has 120 valence electrons. The lowest BCUT2D eigenvalue weighted by Crippen LogP contribution is -2.37. The van der Waals surface area contributed by atoms with Crippen LogP contribution in [0.4, 0.5) is 5.69 Å². The van der Waals surface area contributed by atoms with Crippen LogP contribution in [0.15, 0.2) is 48.5 Å². The first-order chi connectivity index (χ1) is 10.7. The summed E-state index contributed by atoms with van der Waals surface area (Å²) in [5.74, 6) is -0.582. The molecule has 2 rings (SSSR count). The molecule has 0 atom stereocenters. The molecule has 2 aromatic carbocycles. The molecule has 0 aliphatic rings. The van der Waals surface area contributed by atoms with E-state index in [-0.39, 0.29) is 17.2 Å². The van der Waals surface area contributed by atoms with Gasteiger partial charge in [0.05, 0.1) is 5.69 Å². The number of nitrogens with zero attached hydrogens (tertiary/aromatic N) is 1. The summed E-state index contributed by atoms with van der Waals surface area (Å²) in [6.45, 7) is 9.60. The monoisotopic (exact) mass is 309 g/mol. The molecular formula is C20H23NO2. The van der Waals surface area contributed by atoms with Crippen molar-refractivity contribution in [1.82, 2.24) is 0 Å². The Bertz CT molecular complexity index is 724. The molecule has 0 saturated heterocycles. The fourth-order valence-corrected chi connectivity index (χ4v) is 2.55. The Kier molecular flexibility index (Phi) is 4.69. The highest BCUT2D eigenvalue weighted by atomic mass is 16.2. The maximum Gasteiger partial charge on any atom is 0.265 e. The molecule has 2 aromatic rings. The average molecular weight is 309 g/mol. The van der Waals surface area contributed by atoms with Gasteiger partial charge < -0.3 is 0 Å². The van der Waals surface area contributed by atoms with Crippen LogP contribution in [0.2, 0.25) is 0 Å². The van der Waals surface area contributed by atoms with Crippen molar-refractivity contribution >= 4 is 17.5 Å². The van der Waals surface area contributed by atoms with Crippen molar-refractivity contribution in [3.05, 3.63) is 65.2 Å². The third-order valence-electron chi connectivity index (χ3n) is 3.77. The lowest BCUT2D eigenvalue weighted by atomic mass is 9.85. The molecular weight excluding hydrogens is 286 g/mol. The zero-order valence-corrected chi connectivity index (χ0v) is 14.4. The second kappa shape index (κ2) is 6.37. The molecule has 0 heterocycles. The molecule has 0 aromatic heterocycles. The predicted octanol–water partition coefficient (Wildman–Crippen LogP) is 4.49. The van der Waals surface area contributed by atoms with E-state index < -0.39 is 0 Å². The van der Waals surface area contributed by atoms with Crippen LogP contribution in [-0.4, -0.2) is 11.8 Å². The molecule has 2 amide bonds.